The van der Waals surface area contributed by atoms with Gasteiger partial charge in [0, 0.05) is 18.9 Å². The fourth-order valence-electron chi connectivity index (χ4n) is 1.88. The summed E-state index contributed by atoms with van der Waals surface area (Å²) in [5, 5.41) is 2.85. The molecule has 1 aromatic carbocycles. The maximum absolute atomic E-state index is 12.0. The highest BCUT2D eigenvalue weighted by Crippen LogP contribution is 2.19. The van der Waals surface area contributed by atoms with Crippen molar-refractivity contribution in [2.45, 2.75) is 6.92 Å². The molecule has 3 N–H and O–H groups in total. The van der Waals surface area contributed by atoms with Crippen molar-refractivity contribution in [2.24, 2.45) is 0 Å². The van der Waals surface area contributed by atoms with Gasteiger partial charge in [0.1, 0.15) is 0 Å². The molecule has 0 aliphatic rings. The number of benzene rings is 1. The molecule has 2 rings (SSSR count). The zero-order valence-electron chi connectivity index (χ0n) is 11.6. The van der Waals surface area contributed by atoms with Crippen LogP contribution in [0.2, 0.25) is 0 Å². The van der Waals surface area contributed by atoms with Gasteiger partial charge in [0.25, 0.3) is 0 Å². The SMILES string of the molecule is Cc1ccc(NC(=O)CN(C)c2ccncc2N)cc1. The van der Waals surface area contributed by atoms with Crippen molar-refractivity contribution in [1.82, 2.24) is 4.98 Å². The number of anilines is 3. The Labute approximate surface area is 118 Å². The van der Waals surface area contributed by atoms with E-state index >= 15 is 0 Å². The van der Waals surface area contributed by atoms with E-state index in [2.05, 4.69) is 10.3 Å². The highest BCUT2D eigenvalue weighted by atomic mass is 16.2. The molecule has 0 fully saturated rings. The minimum Gasteiger partial charge on any atom is -0.396 e. The summed E-state index contributed by atoms with van der Waals surface area (Å²) in [5.74, 6) is -0.0902. The van der Waals surface area contributed by atoms with Gasteiger partial charge in [-0.2, -0.15) is 0 Å². The summed E-state index contributed by atoms with van der Waals surface area (Å²) in [4.78, 5) is 17.7. The summed E-state index contributed by atoms with van der Waals surface area (Å²) in [6, 6.07) is 9.47. The second kappa shape index (κ2) is 6.06. The lowest BCUT2D eigenvalue weighted by molar-refractivity contribution is -0.114. The quantitative estimate of drug-likeness (QED) is 0.892. The first kappa shape index (κ1) is 13.9. The average molecular weight is 270 g/mol. The molecule has 0 spiro atoms. The second-order valence-corrected chi connectivity index (χ2v) is 4.70. The number of nitrogen functional groups attached to an aromatic ring is 1. The Morgan fingerprint density at radius 2 is 2.00 bits per heavy atom. The fourth-order valence-corrected chi connectivity index (χ4v) is 1.88. The minimum atomic E-state index is -0.0902. The lowest BCUT2D eigenvalue weighted by Gasteiger charge is -2.20. The van der Waals surface area contributed by atoms with E-state index in [1.165, 1.54) is 0 Å². The predicted molar refractivity (Wildman–Crippen MR) is 81.7 cm³/mol. The van der Waals surface area contributed by atoms with Gasteiger partial charge in [-0.25, -0.2) is 0 Å². The molecule has 1 aromatic heterocycles. The van der Waals surface area contributed by atoms with Crippen LogP contribution in [0.5, 0.6) is 0 Å². The van der Waals surface area contributed by atoms with Crippen molar-refractivity contribution in [1.29, 1.82) is 0 Å². The molecule has 0 atom stereocenters. The summed E-state index contributed by atoms with van der Waals surface area (Å²) in [6.07, 6.45) is 3.23. The van der Waals surface area contributed by atoms with Crippen LogP contribution in [0.1, 0.15) is 5.56 Å². The largest absolute Gasteiger partial charge is 0.396 e. The summed E-state index contributed by atoms with van der Waals surface area (Å²) in [7, 11) is 1.82. The first-order chi connectivity index (χ1) is 9.56. The third kappa shape index (κ3) is 3.47. The molecule has 1 amide bonds. The van der Waals surface area contributed by atoms with Crippen LogP contribution in [0.3, 0.4) is 0 Å². The van der Waals surface area contributed by atoms with E-state index in [1.54, 1.807) is 23.4 Å². The van der Waals surface area contributed by atoms with Crippen molar-refractivity contribution in [3.8, 4) is 0 Å². The number of rotatable bonds is 4. The lowest BCUT2D eigenvalue weighted by Crippen LogP contribution is -2.30. The number of nitrogens with one attached hydrogen (secondary N) is 1. The Bertz CT molecular complexity index is 595. The Morgan fingerprint density at radius 1 is 1.30 bits per heavy atom. The maximum atomic E-state index is 12.0. The van der Waals surface area contributed by atoms with E-state index in [4.69, 9.17) is 5.73 Å². The van der Waals surface area contributed by atoms with Gasteiger partial charge in [-0.1, -0.05) is 17.7 Å². The standard InChI is InChI=1S/C15H18N4O/c1-11-3-5-12(6-4-11)18-15(20)10-19(2)14-7-8-17-9-13(14)16/h3-9H,10,16H2,1-2H3,(H,18,20). The number of aromatic nitrogens is 1. The molecule has 1 heterocycles. The van der Waals surface area contributed by atoms with Crippen LogP contribution in [-0.4, -0.2) is 24.5 Å². The Kier molecular flexibility index (Phi) is 4.20. The highest BCUT2D eigenvalue weighted by Gasteiger charge is 2.10. The van der Waals surface area contributed by atoms with Crippen LogP contribution in [0.4, 0.5) is 17.1 Å². The van der Waals surface area contributed by atoms with Crippen molar-refractivity contribution in [3.05, 3.63) is 48.3 Å². The molecular weight excluding hydrogens is 252 g/mol. The van der Waals surface area contributed by atoms with Gasteiger partial charge in [-0.15, -0.1) is 0 Å². The molecule has 0 bridgehead atoms. The lowest BCUT2D eigenvalue weighted by atomic mass is 10.2. The third-order valence-electron chi connectivity index (χ3n) is 2.96. The van der Waals surface area contributed by atoms with Crippen LogP contribution in [0.15, 0.2) is 42.7 Å². The van der Waals surface area contributed by atoms with E-state index in [0.717, 1.165) is 16.9 Å². The number of amides is 1. The number of carbonyl (C=O) groups is 1. The van der Waals surface area contributed by atoms with Crippen molar-refractivity contribution >= 4 is 23.0 Å². The summed E-state index contributed by atoms with van der Waals surface area (Å²) < 4.78 is 0. The molecule has 0 aliphatic heterocycles. The predicted octanol–water partition coefficient (Wildman–Crippen LogP) is 2.05. The highest BCUT2D eigenvalue weighted by molar-refractivity contribution is 5.94. The molecule has 0 radical (unpaired) electrons. The topological polar surface area (TPSA) is 71.2 Å². The van der Waals surface area contributed by atoms with Crippen LogP contribution in [0, 0.1) is 6.92 Å². The molecule has 20 heavy (non-hydrogen) atoms. The zero-order chi connectivity index (χ0) is 14.5. The van der Waals surface area contributed by atoms with Gasteiger partial charge in [-0.05, 0) is 25.1 Å². The monoisotopic (exact) mass is 270 g/mol. The Balaban J connectivity index is 1.98. The first-order valence-electron chi connectivity index (χ1n) is 6.33. The Hall–Kier alpha value is -2.56. The first-order valence-corrected chi connectivity index (χ1v) is 6.33. The molecule has 104 valence electrons. The van der Waals surface area contributed by atoms with Crippen LogP contribution >= 0.6 is 0 Å². The molecular formula is C15H18N4O. The number of pyridine rings is 1. The van der Waals surface area contributed by atoms with Crippen molar-refractivity contribution in [3.63, 3.8) is 0 Å². The maximum Gasteiger partial charge on any atom is 0.243 e. The second-order valence-electron chi connectivity index (χ2n) is 4.70. The fraction of sp³-hybridized carbons (Fsp3) is 0.200. The molecule has 5 heteroatoms. The molecule has 0 unspecified atom stereocenters. The van der Waals surface area contributed by atoms with Crippen molar-refractivity contribution < 1.29 is 4.79 Å². The minimum absolute atomic E-state index is 0.0902. The van der Waals surface area contributed by atoms with Gasteiger partial charge < -0.3 is 16.0 Å². The number of nitrogens with zero attached hydrogens (tertiary/aromatic N) is 2. The number of aryl methyl sites for hydroxylation is 1. The third-order valence-corrected chi connectivity index (χ3v) is 2.96. The summed E-state index contributed by atoms with van der Waals surface area (Å²) in [5.41, 5.74) is 9.12. The molecule has 0 saturated carbocycles. The Morgan fingerprint density at radius 3 is 2.65 bits per heavy atom. The van der Waals surface area contributed by atoms with Gasteiger partial charge in [0.15, 0.2) is 0 Å². The number of hydrogen-bond acceptors (Lipinski definition) is 4. The van der Waals surface area contributed by atoms with Gasteiger partial charge in [0.05, 0.1) is 24.1 Å². The van der Waals surface area contributed by atoms with Crippen LogP contribution in [-0.2, 0) is 4.79 Å². The summed E-state index contributed by atoms with van der Waals surface area (Å²) in [6.45, 7) is 2.23. The molecule has 5 nitrogen and oxygen atoms in total. The van der Waals surface area contributed by atoms with Crippen LogP contribution < -0.4 is 16.0 Å². The number of carbonyl (C=O) groups excluding carboxylic acids is 1. The number of likely N-dealkylation sites (N-methyl/N-ethyl adjacent to an activating group) is 1. The van der Waals surface area contributed by atoms with E-state index in [-0.39, 0.29) is 12.5 Å². The van der Waals surface area contributed by atoms with E-state index in [1.807, 2.05) is 38.2 Å². The molecule has 2 aromatic rings. The van der Waals surface area contributed by atoms with E-state index < -0.39 is 0 Å². The van der Waals surface area contributed by atoms with Gasteiger partial charge in [0.2, 0.25) is 5.91 Å². The smallest absolute Gasteiger partial charge is 0.243 e. The zero-order valence-corrected chi connectivity index (χ0v) is 11.6. The number of nitrogens with two attached hydrogens (primary N) is 1. The molecule has 0 aliphatic carbocycles. The van der Waals surface area contributed by atoms with Crippen LogP contribution in [0.25, 0.3) is 0 Å². The molecule has 0 saturated heterocycles. The van der Waals surface area contributed by atoms with E-state index in [9.17, 15) is 4.79 Å². The average Bonchev–Trinajstić information content (AvgIpc) is 2.41. The van der Waals surface area contributed by atoms with Gasteiger partial charge in [-0.3, -0.25) is 9.78 Å². The summed E-state index contributed by atoms with van der Waals surface area (Å²) >= 11 is 0. The van der Waals surface area contributed by atoms with Gasteiger partial charge >= 0.3 is 0 Å². The number of hydrogen-bond donors (Lipinski definition) is 2. The van der Waals surface area contributed by atoms with E-state index in [0.29, 0.717) is 5.69 Å². The normalized spacial score (nSPS) is 10.1. The van der Waals surface area contributed by atoms with Crippen molar-refractivity contribution in [2.75, 3.05) is 29.5 Å².